The van der Waals surface area contributed by atoms with Crippen molar-refractivity contribution in [1.29, 1.82) is 0 Å². The smallest absolute Gasteiger partial charge is 0.258 e. The Morgan fingerprint density at radius 3 is 2.30 bits per heavy atom. The van der Waals surface area contributed by atoms with E-state index in [1.165, 1.54) is 11.3 Å². The number of thiazole rings is 1. The van der Waals surface area contributed by atoms with Gasteiger partial charge in [-0.05, 0) is 24.1 Å². The number of hydrogen-bond donors (Lipinski definition) is 1. The molecule has 3 rings (SSSR count). The van der Waals surface area contributed by atoms with Crippen LogP contribution in [0.15, 0.2) is 66.0 Å². The van der Waals surface area contributed by atoms with E-state index >= 15 is 0 Å². The fourth-order valence-electron chi connectivity index (χ4n) is 2.19. The molecule has 1 amide bonds. The topological polar surface area (TPSA) is 42.0 Å². The van der Waals surface area contributed by atoms with Gasteiger partial charge in [0.1, 0.15) is 0 Å². The lowest BCUT2D eigenvalue weighted by Crippen LogP contribution is -2.13. The molecular formula is C19H16N2OS. The van der Waals surface area contributed by atoms with E-state index in [-0.39, 0.29) is 5.91 Å². The molecule has 114 valence electrons. The molecule has 0 aliphatic rings. The van der Waals surface area contributed by atoms with Crippen molar-refractivity contribution in [1.82, 2.24) is 4.98 Å². The van der Waals surface area contributed by atoms with Crippen molar-refractivity contribution in [2.45, 2.75) is 6.92 Å². The zero-order chi connectivity index (χ0) is 16.1. The molecule has 0 atom stereocenters. The lowest BCUT2D eigenvalue weighted by atomic mass is 10.0. The summed E-state index contributed by atoms with van der Waals surface area (Å²) < 4.78 is 0. The summed E-state index contributed by atoms with van der Waals surface area (Å²) in [4.78, 5) is 17.0. The van der Waals surface area contributed by atoms with Crippen LogP contribution in [0.4, 0.5) is 5.13 Å². The highest BCUT2D eigenvalue weighted by Crippen LogP contribution is 2.22. The molecule has 0 spiro atoms. The molecule has 1 aromatic heterocycles. The third-order valence-electron chi connectivity index (χ3n) is 3.28. The van der Waals surface area contributed by atoms with E-state index in [9.17, 15) is 4.79 Å². The van der Waals surface area contributed by atoms with Gasteiger partial charge in [0.05, 0.1) is 5.69 Å². The maximum atomic E-state index is 12.7. The summed E-state index contributed by atoms with van der Waals surface area (Å²) in [6, 6.07) is 19.5. The number of anilines is 1. The second-order valence-corrected chi connectivity index (χ2v) is 5.94. The van der Waals surface area contributed by atoms with E-state index in [4.69, 9.17) is 0 Å². The van der Waals surface area contributed by atoms with Crippen LogP contribution in [0.2, 0.25) is 0 Å². The lowest BCUT2D eigenvalue weighted by Gasteiger charge is -2.08. The molecular weight excluding hydrogens is 304 g/mol. The second-order valence-electron chi connectivity index (χ2n) is 5.08. The molecule has 4 heteroatoms. The van der Waals surface area contributed by atoms with Crippen LogP contribution in [0.25, 0.3) is 11.6 Å². The van der Waals surface area contributed by atoms with E-state index in [2.05, 4.69) is 10.3 Å². The first-order valence-corrected chi connectivity index (χ1v) is 8.16. The zero-order valence-corrected chi connectivity index (χ0v) is 13.5. The molecule has 0 fully saturated rings. The number of benzene rings is 2. The Kier molecular flexibility index (Phi) is 4.64. The molecule has 1 N–H and O–H groups in total. The number of amides is 1. The third kappa shape index (κ3) is 3.93. The molecule has 23 heavy (non-hydrogen) atoms. The van der Waals surface area contributed by atoms with Gasteiger partial charge in [-0.15, -0.1) is 11.3 Å². The Labute approximate surface area is 139 Å². The van der Waals surface area contributed by atoms with Crippen molar-refractivity contribution in [3.63, 3.8) is 0 Å². The fraction of sp³-hybridized carbons (Fsp3) is 0.0526. The van der Waals surface area contributed by atoms with E-state index in [1.54, 1.807) is 0 Å². The normalized spacial score (nSPS) is 11.3. The monoisotopic (exact) mass is 320 g/mol. The molecule has 2 aromatic carbocycles. The Morgan fingerprint density at radius 1 is 1.04 bits per heavy atom. The van der Waals surface area contributed by atoms with Gasteiger partial charge in [-0.25, -0.2) is 4.98 Å². The Hall–Kier alpha value is -2.72. The average molecular weight is 320 g/mol. The van der Waals surface area contributed by atoms with Crippen molar-refractivity contribution in [2.75, 3.05) is 5.32 Å². The van der Waals surface area contributed by atoms with Gasteiger partial charge in [0.2, 0.25) is 0 Å². The van der Waals surface area contributed by atoms with Crippen molar-refractivity contribution >= 4 is 34.0 Å². The van der Waals surface area contributed by atoms with Crippen molar-refractivity contribution < 1.29 is 4.79 Å². The van der Waals surface area contributed by atoms with Gasteiger partial charge in [0, 0.05) is 11.0 Å². The number of aromatic nitrogens is 1. The maximum Gasteiger partial charge on any atom is 0.258 e. The summed E-state index contributed by atoms with van der Waals surface area (Å²) in [5.74, 6) is -0.158. The first-order chi connectivity index (χ1) is 11.2. The number of nitrogens with one attached hydrogen (secondary N) is 1. The Balaban J connectivity index is 1.95. The van der Waals surface area contributed by atoms with Gasteiger partial charge >= 0.3 is 0 Å². The van der Waals surface area contributed by atoms with E-state index in [0.717, 1.165) is 16.8 Å². The average Bonchev–Trinajstić information content (AvgIpc) is 2.99. The molecule has 0 bridgehead atoms. The van der Waals surface area contributed by atoms with Gasteiger partial charge in [-0.3, -0.25) is 10.1 Å². The Bertz CT molecular complexity index is 823. The SMILES string of the molecule is Cc1csc(NC(=O)/C(=C/c2ccccc2)c2ccccc2)n1. The minimum absolute atomic E-state index is 0.158. The summed E-state index contributed by atoms with van der Waals surface area (Å²) in [6.07, 6.45) is 1.89. The number of rotatable bonds is 4. The first kappa shape index (κ1) is 15.2. The van der Waals surface area contributed by atoms with E-state index in [0.29, 0.717) is 10.7 Å². The van der Waals surface area contributed by atoms with E-state index in [1.807, 2.05) is 79.0 Å². The zero-order valence-electron chi connectivity index (χ0n) is 12.7. The molecule has 3 aromatic rings. The van der Waals surface area contributed by atoms with E-state index < -0.39 is 0 Å². The van der Waals surface area contributed by atoms with Gasteiger partial charge in [0.15, 0.2) is 5.13 Å². The summed E-state index contributed by atoms with van der Waals surface area (Å²) >= 11 is 1.43. The first-order valence-electron chi connectivity index (χ1n) is 7.28. The molecule has 0 unspecified atom stereocenters. The van der Waals surface area contributed by atoms with Crippen LogP contribution >= 0.6 is 11.3 Å². The summed E-state index contributed by atoms with van der Waals surface area (Å²) in [5.41, 5.74) is 3.38. The molecule has 1 heterocycles. The van der Waals surface area contributed by atoms with Crippen LogP contribution in [-0.2, 0) is 4.79 Å². The molecule has 0 aliphatic heterocycles. The van der Waals surface area contributed by atoms with Crippen LogP contribution in [0, 0.1) is 6.92 Å². The quantitative estimate of drug-likeness (QED) is 0.562. The van der Waals surface area contributed by atoms with Crippen LogP contribution in [-0.4, -0.2) is 10.9 Å². The number of carbonyl (C=O) groups excluding carboxylic acids is 1. The van der Waals surface area contributed by atoms with Gasteiger partial charge in [-0.1, -0.05) is 60.7 Å². The fourth-order valence-corrected chi connectivity index (χ4v) is 2.87. The number of carbonyl (C=O) groups is 1. The second kappa shape index (κ2) is 7.03. The highest BCUT2D eigenvalue weighted by atomic mass is 32.1. The number of aryl methyl sites for hydroxylation is 1. The van der Waals surface area contributed by atoms with Gasteiger partial charge in [-0.2, -0.15) is 0 Å². The highest BCUT2D eigenvalue weighted by molar-refractivity contribution is 7.14. The number of nitrogens with zero attached hydrogens (tertiary/aromatic N) is 1. The molecule has 0 saturated carbocycles. The highest BCUT2D eigenvalue weighted by Gasteiger charge is 2.13. The standard InChI is InChI=1S/C19H16N2OS/c1-14-13-23-19(20-14)21-18(22)17(16-10-6-3-7-11-16)12-15-8-4-2-5-9-15/h2-13H,1H3,(H,20,21,22)/b17-12+. The van der Waals surface area contributed by atoms with Gasteiger partial charge in [0.25, 0.3) is 5.91 Å². The van der Waals surface area contributed by atoms with Crippen LogP contribution in [0.5, 0.6) is 0 Å². The van der Waals surface area contributed by atoms with Crippen LogP contribution < -0.4 is 5.32 Å². The van der Waals surface area contributed by atoms with Crippen molar-refractivity contribution in [2.24, 2.45) is 0 Å². The molecule has 3 nitrogen and oxygen atoms in total. The van der Waals surface area contributed by atoms with Crippen molar-refractivity contribution in [3.8, 4) is 0 Å². The minimum Gasteiger partial charge on any atom is -0.298 e. The molecule has 0 aliphatic carbocycles. The molecule has 0 radical (unpaired) electrons. The molecule has 0 saturated heterocycles. The lowest BCUT2D eigenvalue weighted by molar-refractivity contribution is -0.111. The number of hydrogen-bond acceptors (Lipinski definition) is 3. The Morgan fingerprint density at radius 2 is 1.70 bits per heavy atom. The summed E-state index contributed by atoms with van der Waals surface area (Å²) in [7, 11) is 0. The summed E-state index contributed by atoms with van der Waals surface area (Å²) in [5, 5.41) is 5.41. The van der Waals surface area contributed by atoms with Crippen molar-refractivity contribution in [3.05, 3.63) is 82.9 Å². The van der Waals surface area contributed by atoms with Crippen LogP contribution in [0.3, 0.4) is 0 Å². The maximum absolute atomic E-state index is 12.7. The van der Waals surface area contributed by atoms with Crippen LogP contribution in [0.1, 0.15) is 16.8 Å². The minimum atomic E-state index is -0.158. The predicted molar refractivity (Wildman–Crippen MR) is 96.2 cm³/mol. The summed E-state index contributed by atoms with van der Waals surface area (Å²) in [6.45, 7) is 1.91. The predicted octanol–water partition coefficient (Wildman–Crippen LogP) is 4.63. The third-order valence-corrected chi connectivity index (χ3v) is 4.16. The largest absolute Gasteiger partial charge is 0.298 e. The van der Waals surface area contributed by atoms with Gasteiger partial charge < -0.3 is 0 Å².